The molecule has 0 amide bonds. The molecule has 1 aromatic heterocycles. The van der Waals surface area contributed by atoms with Gasteiger partial charge < -0.3 is 15.0 Å². The van der Waals surface area contributed by atoms with Crippen LogP contribution in [0.2, 0.25) is 0 Å². The lowest BCUT2D eigenvalue weighted by atomic mass is 10.3. The van der Waals surface area contributed by atoms with Crippen molar-refractivity contribution in [3.63, 3.8) is 0 Å². The Balaban J connectivity index is 3.00. The van der Waals surface area contributed by atoms with Gasteiger partial charge in [-0.1, -0.05) is 18.7 Å². The van der Waals surface area contributed by atoms with Crippen molar-refractivity contribution < 1.29 is 4.74 Å². The summed E-state index contributed by atoms with van der Waals surface area (Å²) >= 11 is 1.56. The monoisotopic (exact) mass is 298 g/mol. The van der Waals surface area contributed by atoms with Gasteiger partial charge in [0, 0.05) is 26.3 Å². The molecule has 1 unspecified atom stereocenters. The first-order chi connectivity index (χ1) is 9.65. The molecule has 0 radical (unpaired) electrons. The SMILES string of the molecule is CCCNc1cc(N(CC)C(C)COC)nc(SC)n1. The lowest BCUT2D eigenvalue weighted by Crippen LogP contribution is -2.36. The Labute approximate surface area is 126 Å². The summed E-state index contributed by atoms with van der Waals surface area (Å²) in [5.74, 6) is 1.85. The molecule has 1 rings (SSSR count). The Morgan fingerprint density at radius 2 is 2.15 bits per heavy atom. The van der Waals surface area contributed by atoms with Crippen LogP contribution in [0.4, 0.5) is 11.6 Å². The highest BCUT2D eigenvalue weighted by Gasteiger charge is 2.16. The quantitative estimate of drug-likeness (QED) is 0.559. The molecule has 1 N–H and O–H groups in total. The average molecular weight is 298 g/mol. The third-order valence-electron chi connectivity index (χ3n) is 3.01. The van der Waals surface area contributed by atoms with Crippen LogP contribution in [0.15, 0.2) is 11.2 Å². The van der Waals surface area contributed by atoms with E-state index < -0.39 is 0 Å². The zero-order valence-electron chi connectivity index (χ0n) is 13.1. The molecule has 0 bridgehead atoms. The van der Waals surface area contributed by atoms with Crippen LogP contribution in [0.3, 0.4) is 0 Å². The molecule has 0 saturated heterocycles. The van der Waals surface area contributed by atoms with Gasteiger partial charge in [-0.3, -0.25) is 0 Å². The Morgan fingerprint density at radius 3 is 2.70 bits per heavy atom. The highest BCUT2D eigenvalue weighted by molar-refractivity contribution is 7.98. The molecule has 1 aromatic rings. The van der Waals surface area contributed by atoms with Crippen LogP contribution >= 0.6 is 11.8 Å². The van der Waals surface area contributed by atoms with Gasteiger partial charge in [0.2, 0.25) is 0 Å². The number of nitrogens with one attached hydrogen (secondary N) is 1. The second-order valence-corrected chi connectivity index (χ2v) is 5.39. The fourth-order valence-electron chi connectivity index (χ4n) is 2.03. The van der Waals surface area contributed by atoms with Crippen molar-refractivity contribution >= 4 is 23.4 Å². The van der Waals surface area contributed by atoms with Crippen molar-refractivity contribution in [3.8, 4) is 0 Å². The van der Waals surface area contributed by atoms with Gasteiger partial charge in [0.15, 0.2) is 5.16 Å². The van der Waals surface area contributed by atoms with Gasteiger partial charge in [0.25, 0.3) is 0 Å². The van der Waals surface area contributed by atoms with Crippen molar-refractivity contribution in [3.05, 3.63) is 6.07 Å². The number of rotatable bonds is 9. The standard InChI is InChI=1S/C14H26N4OS/c1-6-8-15-12-9-13(17-14(16-12)20-5)18(7-2)11(3)10-19-4/h9,11H,6-8,10H2,1-5H3,(H,15,16,17). The smallest absolute Gasteiger partial charge is 0.191 e. The van der Waals surface area contributed by atoms with Crippen LogP contribution in [0.5, 0.6) is 0 Å². The maximum Gasteiger partial charge on any atom is 0.191 e. The van der Waals surface area contributed by atoms with Crippen LogP contribution in [0.25, 0.3) is 0 Å². The van der Waals surface area contributed by atoms with E-state index in [2.05, 4.69) is 41.0 Å². The van der Waals surface area contributed by atoms with E-state index in [0.717, 1.165) is 36.3 Å². The zero-order chi connectivity index (χ0) is 15.0. The first-order valence-electron chi connectivity index (χ1n) is 7.08. The number of ether oxygens (including phenoxy) is 1. The minimum absolute atomic E-state index is 0.286. The second-order valence-electron chi connectivity index (χ2n) is 4.62. The topological polar surface area (TPSA) is 50.3 Å². The summed E-state index contributed by atoms with van der Waals surface area (Å²) in [5.41, 5.74) is 0. The van der Waals surface area contributed by atoms with Gasteiger partial charge in [-0.25, -0.2) is 9.97 Å². The second kappa shape index (κ2) is 9.02. The van der Waals surface area contributed by atoms with E-state index in [1.807, 2.05) is 12.3 Å². The van der Waals surface area contributed by atoms with Crippen molar-refractivity contribution in [2.45, 2.75) is 38.4 Å². The summed E-state index contributed by atoms with van der Waals surface area (Å²) in [6.07, 6.45) is 3.07. The fourth-order valence-corrected chi connectivity index (χ4v) is 2.40. The molecule has 0 spiro atoms. The van der Waals surface area contributed by atoms with Gasteiger partial charge >= 0.3 is 0 Å². The van der Waals surface area contributed by atoms with E-state index in [1.165, 1.54) is 0 Å². The van der Waals surface area contributed by atoms with Crippen LogP contribution in [-0.2, 0) is 4.74 Å². The Bertz CT molecular complexity index is 403. The summed E-state index contributed by atoms with van der Waals surface area (Å²) in [5, 5.41) is 4.13. The van der Waals surface area contributed by atoms with E-state index >= 15 is 0 Å². The molecule has 5 nitrogen and oxygen atoms in total. The Hall–Kier alpha value is -1.01. The van der Waals surface area contributed by atoms with E-state index in [9.17, 15) is 0 Å². The molecule has 20 heavy (non-hydrogen) atoms. The molecule has 0 fully saturated rings. The van der Waals surface area contributed by atoms with Crippen LogP contribution in [0.1, 0.15) is 27.2 Å². The summed E-state index contributed by atoms with van der Waals surface area (Å²) < 4.78 is 5.25. The predicted octanol–water partition coefficient (Wildman–Crippen LogP) is 2.88. The minimum atomic E-state index is 0.286. The third kappa shape index (κ3) is 4.83. The number of hydrogen-bond acceptors (Lipinski definition) is 6. The predicted molar refractivity (Wildman–Crippen MR) is 87.0 cm³/mol. The van der Waals surface area contributed by atoms with E-state index in [4.69, 9.17) is 4.74 Å². The van der Waals surface area contributed by atoms with Crippen LogP contribution < -0.4 is 10.2 Å². The maximum absolute atomic E-state index is 5.25. The van der Waals surface area contributed by atoms with Gasteiger partial charge in [0.05, 0.1) is 12.6 Å². The molecule has 0 aromatic carbocycles. The number of methoxy groups -OCH3 is 1. The number of likely N-dealkylation sites (N-methyl/N-ethyl adjacent to an activating group) is 1. The average Bonchev–Trinajstić information content (AvgIpc) is 2.46. The molecule has 0 aliphatic heterocycles. The molecule has 6 heteroatoms. The van der Waals surface area contributed by atoms with Gasteiger partial charge in [-0.05, 0) is 26.5 Å². The summed E-state index contributed by atoms with van der Waals surface area (Å²) in [7, 11) is 1.73. The largest absolute Gasteiger partial charge is 0.383 e. The third-order valence-corrected chi connectivity index (χ3v) is 3.55. The number of hydrogen-bond donors (Lipinski definition) is 1. The molecule has 1 heterocycles. The summed E-state index contributed by atoms with van der Waals surface area (Å²) in [4.78, 5) is 11.3. The van der Waals surface area contributed by atoms with Crippen molar-refractivity contribution in [1.29, 1.82) is 0 Å². The maximum atomic E-state index is 5.25. The normalized spacial score (nSPS) is 12.2. The van der Waals surface area contributed by atoms with Gasteiger partial charge in [0.1, 0.15) is 11.6 Å². The lowest BCUT2D eigenvalue weighted by Gasteiger charge is -2.29. The first-order valence-corrected chi connectivity index (χ1v) is 8.31. The molecular weight excluding hydrogens is 272 g/mol. The summed E-state index contributed by atoms with van der Waals surface area (Å²) in [6, 6.07) is 2.30. The van der Waals surface area contributed by atoms with Crippen molar-refractivity contribution in [1.82, 2.24) is 9.97 Å². The molecule has 0 aliphatic carbocycles. The van der Waals surface area contributed by atoms with Crippen LogP contribution in [0, 0.1) is 0 Å². The van der Waals surface area contributed by atoms with E-state index in [0.29, 0.717) is 6.61 Å². The zero-order valence-corrected chi connectivity index (χ0v) is 14.0. The van der Waals surface area contributed by atoms with Crippen LogP contribution in [-0.4, -0.2) is 49.1 Å². The molecule has 1 atom stereocenters. The number of anilines is 2. The van der Waals surface area contributed by atoms with E-state index in [-0.39, 0.29) is 6.04 Å². The molecular formula is C14H26N4OS. The summed E-state index contributed by atoms with van der Waals surface area (Å²) in [6.45, 7) is 8.92. The highest BCUT2D eigenvalue weighted by atomic mass is 32.2. The first kappa shape index (κ1) is 17.0. The van der Waals surface area contributed by atoms with Gasteiger partial charge in [-0.15, -0.1) is 0 Å². The molecule has 0 aliphatic rings. The number of aromatic nitrogens is 2. The van der Waals surface area contributed by atoms with Gasteiger partial charge in [-0.2, -0.15) is 0 Å². The fraction of sp³-hybridized carbons (Fsp3) is 0.714. The number of nitrogens with zero attached hydrogens (tertiary/aromatic N) is 3. The molecule has 114 valence electrons. The van der Waals surface area contributed by atoms with Crippen molar-refractivity contribution in [2.75, 3.05) is 43.3 Å². The highest BCUT2D eigenvalue weighted by Crippen LogP contribution is 2.22. The van der Waals surface area contributed by atoms with Crippen molar-refractivity contribution in [2.24, 2.45) is 0 Å². The molecule has 0 saturated carbocycles. The Morgan fingerprint density at radius 1 is 1.40 bits per heavy atom. The number of thioether (sulfide) groups is 1. The minimum Gasteiger partial charge on any atom is -0.383 e. The van der Waals surface area contributed by atoms with E-state index in [1.54, 1.807) is 18.9 Å². The lowest BCUT2D eigenvalue weighted by molar-refractivity contribution is 0.181. The Kier molecular flexibility index (Phi) is 7.69.